The number of phenols is 1. The highest BCUT2D eigenvalue weighted by Crippen LogP contribution is 2.24. The summed E-state index contributed by atoms with van der Waals surface area (Å²) in [6.45, 7) is 1.11. The Balaban J connectivity index is 3.20. The van der Waals surface area contributed by atoms with E-state index in [4.69, 9.17) is 15.9 Å². The van der Waals surface area contributed by atoms with Crippen LogP contribution in [0.2, 0.25) is 0 Å². The standard InChI is InChI=1S/C9H12FNO2/c1-9(11,5-12)7-4-6(13)2-3-8(7)10/h2-4,12-13H,5,11H2,1H3/t9-/m0/s1. The second-order valence-electron chi connectivity index (χ2n) is 3.24. The number of nitrogens with two attached hydrogens (primary N) is 1. The van der Waals surface area contributed by atoms with E-state index in [-0.39, 0.29) is 17.9 Å². The largest absolute Gasteiger partial charge is 0.508 e. The summed E-state index contributed by atoms with van der Waals surface area (Å²) in [7, 11) is 0. The fourth-order valence-electron chi connectivity index (χ4n) is 1.04. The topological polar surface area (TPSA) is 66.5 Å². The monoisotopic (exact) mass is 185 g/mol. The van der Waals surface area contributed by atoms with Gasteiger partial charge in [0, 0.05) is 5.56 Å². The molecule has 1 atom stereocenters. The zero-order valence-corrected chi connectivity index (χ0v) is 7.29. The highest BCUT2D eigenvalue weighted by atomic mass is 19.1. The lowest BCUT2D eigenvalue weighted by atomic mass is 9.93. The van der Waals surface area contributed by atoms with Crippen molar-refractivity contribution in [2.75, 3.05) is 6.61 Å². The SMILES string of the molecule is C[C@](N)(CO)c1cc(O)ccc1F. The van der Waals surface area contributed by atoms with Gasteiger partial charge in [-0.15, -0.1) is 0 Å². The Morgan fingerprint density at radius 3 is 2.69 bits per heavy atom. The molecular formula is C9H12FNO2. The highest BCUT2D eigenvalue weighted by molar-refractivity contribution is 5.33. The molecule has 0 amide bonds. The van der Waals surface area contributed by atoms with Crippen LogP contribution in [0, 0.1) is 5.82 Å². The average molecular weight is 185 g/mol. The molecule has 0 spiro atoms. The van der Waals surface area contributed by atoms with Gasteiger partial charge in [-0.25, -0.2) is 4.39 Å². The van der Waals surface area contributed by atoms with Gasteiger partial charge in [0.1, 0.15) is 11.6 Å². The molecular weight excluding hydrogens is 173 g/mol. The number of hydrogen-bond donors (Lipinski definition) is 3. The van der Waals surface area contributed by atoms with Crippen LogP contribution in [0.3, 0.4) is 0 Å². The summed E-state index contributed by atoms with van der Waals surface area (Å²) in [5.74, 6) is -0.599. The lowest BCUT2D eigenvalue weighted by Crippen LogP contribution is -2.37. The van der Waals surface area contributed by atoms with E-state index in [0.29, 0.717) is 0 Å². The molecule has 0 aliphatic heterocycles. The van der Waals surface area contributed by atoms with Gasteiger partial charge < -0.3 is 15.9 Å². The lowest BCUT2D eigenvalue weighted by molar-refractivity contribution is 0.206. The maximum Gasteiger partial charge on any atom is 0.128 e. The van der Waals surface area contributed by atoms with Gasteiger partial charge in [-0.2, -0.15) is 0 Å². The second kappa shape index (κ2) is 3.32. The third-order valence-electron chi connectivity index (χ3n) is 1.89. The van der Waals surface area contributed by atoms with Crippen LogP contribution in [0.1, 0.15) is 12.5 Å². The first-order valence-corrected chi connectivity index (χ1v) is 3.86. The molecule has 0 aliphatic carbocycles. The van der Waals surface area contributed by atoms with Crippen molar-refractivity contribution in [3.05, 3.63) is 29.6 Å². The van der Waals surface area contributed by atoms with Gasteiger partial charge in [0.05, 0.1) is 12.1 Å². The van der Waals surface area contributed by atoms with E-state index in [0.717, 1.165) is 6.07 Å². The first-order valence-electron chi connectivity index (χ1n) is 3.86. The minimum Gasteiger partial charge on any atom is -0.508 e. The van der Waals surface area contributed by atoms with Crippen LogP contribution in [0.25, 0.3) is 0 Å². The third kappa shape index (κ3) is 1.96. The minimum atomic E-state index is -1.16. The van der Waals surface area contributed by atoms with E-state index in [1.807, 2.05) is 0 Å². The Kier molecular flexibility index (Phi) is 2.54. The number of aliphatic hydroxyl groups is 1. The molecule has 0 saturated heterocycles. The van der Waals surface area contributed by atoms with E-state index in [9.17, 15) is 4.39 Å². The maximum absolute atomic E-state index is 13.2. The second-order valence-corrected chi connectivity index (χ2v) is 3.24. The number of aliphatic hydroxyl groups excluding tert-OH is 1. The molecule has 0 aliphatic rings. The van der Waals surface area contributed by atoms with Crippen LogP contribution >= 0.6 is 0 Å². The van der Waals surface area contributed by atoms with Gasteiger partial charge in [0.15, 0.2) is 0 Å². The van der Waals surface area contributed by atoms with Crippen LogP contribution in [-0.2, 0) is 5.54 Å². The minimum absolute atomic E-state index is 0.0680. The molecule has 72 valence electrons. The summed E-state index contributed by atoms with van der Waals surface area (Å²) in [4.78, 5) is 0. The highest BCUT2D eigenvalue weighted by Gasteiger charge is 2.24. The van der Waals surface area contributed by atoms with Crippen molar-refractivity contribution >= 4 is 0 Å². The Morgan fingerprint density at radius 1 is 1.54 bits per heavy atom. The summed E-state index contributed by atoms with van der Waals surface area (Å²) in [5, 5.41) is 18.0. The molecule has 4 N–H and O–H groups in total. The predicted molar refractivity (Wildman–Crippen MR) is 46.7 cm³/mol. The fraction of sp³-hybridized carbons (Fsp3) is 0.333. The predicted octanol–water partition coefficient (Wildman–Crippen LogP) is 0.698. The van der Waals surface area contributed by atoms with Crippen molar-refractivity contribution < 1.29 is 14.6 Å². The molecule has 0 bridgehead atoms. The zero-order chi connectivity index (χ0) is 10.1. The van der Waals surface area contributed by atoms with Crippen LogP contribution < -0.4 is 5.73 Å². The van der Waals surface area contributed by atoms with Crippen LogP contribution in [0.5, 0.6) is 5.75 Å². The van der Waals surface area contributed by atoms with Crippen molar-refractivity contribution in [2.24, 2.45) is 5.73 Å². The summed E-state index contributed by atoms with van der Waals surface area (Å²) >= 11 is 0. The average Bonchev–Trinajstić information content (AvgIpc) is 2.09. The third-order valence-corrected chi connectivity index (χ3v) is 1.89. The normalized spacial score (nSPS) is 15.4. The van der Waals surface area contributed by atoms with E-state index in [1.54, 1.807) is 0 Å². The van der Waals surface area contributed by atoms with Gasteiger partial charge >= 0.3 is 0 Å². The van der Waals surface area contributed by atoms with Crippen molar-refractivity contribution in [1.29, 1.82) is 0 Å². The van der Waals surface area contributed by atoms with E-state index in [2.05, 4.69) is 0 Å². The molecule has 0 heterocycles. The molecule has 0 unspecified atom stereocenters. The molecule has 1 aromatic rings. The van der Waals surface area contributed by atoms with Crippen molar-refractivity contribution in [3.8, 4) is 5.75 Å². The summed E-state index contributed by atoms with van der Waals surface area (Å²) in [5.41, 5.74) is 4.55. The van der Waals surface area contributed by atoms with Gasteiger partial charge in [0.2, 0.25) is 0 Å². The first kappa shape index (κ1) is 9.95. The number of aromatic hydroxyl groups is 1. The molecule has 0 fully saturated rings. The number of phenolic OH excluding ortho intramolecular Hbond substituents is 1. The van der Waals surface area contributed by atoms with E-state index < -0.39 is 11.4 Å². The van der Waals surface area contributed by atoms with Crippen LogP contribution in [0.4, 0.5) is 4.39 Å². The smallest absolute Gasteiger partial charge is 0.128 e. The number of hydrogen-bond acceptors (Lipinski definition) is 3. The molecule has 1 aromatic carbocycles. The maximum atomic E-state index is 13.2. The van der Waals surface area contributed by atoms with Gasteiger partial charge in [-0.3, -0.25) is 0 Å². The number of rotatable bonds is 2. The zero-order valence-electron chi connectivity index (χ0n) is 7.29. The summed E-state index contributed by atoms with van der Waals surface area (Å²) < 4.78 is 13.2. The summed E-state index contributed by atoms with van der Waals surface area (Å²) in [6, 6.07) is 3.56. The molecule has 3 nitrogen and oxygen atoms in total. The van der Waals surface area contributed by atoms with Crippen molar-refractivity contribution in [3.63, 3.8) is 0 Å². The van der Waals surface area contributed by atoms with Gasteiger partial charge in [-0.1, -0.05) is 0 Å². The lowest BCUT2D eigenvalue weighted by Gasteiger charge is -2.22. The van der Waals surface area contributed by atoms with Gasteiger partial charge in [-0.05, 0) is 25.1 Å². The van der Waals surface area contributed by atoms with Crippen molar-refractivity contribution in [2.45, 2.75) is 12.5 Å². The number of halogens is 1. The molecule has 0 saturated carbocycles. The number of benzene rings is 1. The van der Waals surface area contributed by atoms with Crippen LogP contribution in [0.15, 0.2) is 18.2 Å². The van der Waals surface area contributed by atoms with Crippen molar-refractivity contribution in [1.82, 2.24) is 0 Å². The molecule has 1 rings (SSSR count). The fourth-order valence-corrected chi connectivity index (χ4v) is 1.04. The van der Waals surface area contributed by atoms with E-state index >= 15 is 0 Å². The van der Waals surface area contributed by atoms with E-state index in [1.165, 1.54) is 19.1 Å². The Bertz CT molecular complexity index is 312. The molecule has 0 aromatic heterocycles. The molecule has 13 heavy (non-hydrogen) atoms. The van der Waals surface area contributed by atoms with Crippen LogP contribution in [-0.4, -0.2) is 16.8 Å². The quantitative estimate of drug-likeness (QED) is 0.635. The molecule has 0 radical (unpaired) electrons. The summed E-state index contributed by atoms with van der Waals surface area (Å²) in [6.07, 6.45) is 0. The Labute approximate surface area is 75.6 Å². The Morgan fingerprint density at radius 2 is 2.15 bits per heavy atom. The first-order chi connectivity index (χ1) is 5.97. The Hall–Kier alpha value is -1.13. The molecule has 4 heteroatoms. The van der Waals surface area contributed by atoms with Gasteiger partial charge in [0.25, 0.3) is 0 Å².